The van der Waals surface area contributed by atoms with E-state index in [1.54, 1.807) is 45.0 Å². The summed E-state index contributed by atoms with van der Waals surface area (Å²) in [4.78, 5) is 22.8. The van der Waals surface area contributed by atoms with Gasteiger partial charge >= 0.3 is 5.97 Å². The summed E-state index contributed by atoms with van der Waals surface area (Å²) in [6.07, 6.45) is 0. The van der Waals surface area contributed by atoms with Gasteiger partial charge in [-0.1, -0.05) is 0 Å². The summed E-state index contributed by atoms with van der Waals surface area (Å²) in [6.45, 7) is 5.09. The molecule has 7 nitrogen and oxygen atoms in total. The van der Waals surface area contributed by atoms with Gasteiger partial charge in [0.15, 0.2) is 0 Å². The van der Waals surface area contributed by atoms with E-state index in [9.17, 15) is 14.9 Å². The number of hydrogen-bond acceptors (Lipinski definition) is 6. The Labute approximate surface area is 144 Å². The molecule has 0 aromatic heterocycles. The molecule has 0 amide bonds. The van der Waals surface area contributed by atoms with Gasteiger partial charge in [-0.15, -0.1) is 0 Å². The minimum absolute atomic E-state index is 0.0477. The van der Waals surface area contributed by atoms with Crippen molar-refractivity contribution in [2.45, 2.75) is 26.4 Å². The van der Waals surface area contributed by atoms with Crippen LogP contribution in [0.3, 0.4) is 0 Å². The Morgan fingerprint density at radius 1 is 1.16 bits per heavy atom. The molecule has 25 heavy (non-hydrogen) atoms. The smallest absolute Gasteiger partial charge is 0.342 e. The van der Waals surface area contributed by atoms with Crippen LogP contribution in [-0.4, -0.2) is 16.5 Å². The first kappa shape index (κ1) is 17.9. The van der Waals surface area contributed by atoms with Crippen LogP contribution in [0.1, 0.15) is 36.7 Å². The molecular formula is C18H16N2O5. The van der Waals surface area contributed by atoms with E-state index in [0.29, 0.717) is 11.3 Å². The number of non-ortho nitro benzene ring substituents is 1. The molecule has 7 heteroatoms. The summed E-state index contributed by atoms with van der Waals surface area (Å²) in [5.74, 6) is -0.206. The minimum Gasteiger partial charge on any atom is -0.456 e. The maximum atomic E-state index is 12.4. The van der Waals surface area contributed by atoms with Crippen molar-refractivity contribution < 1.29 is 19.2 Å². The second kappa shape index (κ2) is 7.01. The highest BCUT2D eigenvalue weighted by Crippen LogP contribution is 2.30. The van der Waals surface area contributed by atoms with Crippen molar-refractivity contribution in [3.05, 3.63) is 63.7 Å². The van der Waals surface area contributed by atoms with Gasteiger partial charge in [-0.3, -0.25) is 10.1 Å². The molecule has 2 aromatic rings. The van der Waals surface area contributed by atoms with E-state index in [-0.39, 0.29) is 17.0 Å². The second-order valence-corrected chi connectivity index (χ2v) is 6.18. The van der Waals surface area contributed by atoms with Gasteiger partial charge in [0, 0.05) is 12.1 Å². The van der Waals surface area contributed by atoms with E-state index >= 15 is 0 Å². The topological polar surface area (TPSA) is 102 Å². The number of esters is 1. The van der Waals surface area contributed by atoms with E-state index in [0.717, 1.165) is 6.07 Å². The molecule has 0 spiro atoms. The first-order valence-electron chi connectivity index (χ1n) is 7.39. The molecule has 128 valence electrons. The zero-order valence-corrected chi connectivity index (χ0v) is 14.0. The number of hydrogen-bond donors (Lipinski definition) is 0. The standard InChI is InChI=1S/C18H16N2O5/c1-18(2,3)25-17(21)15-10-13(20(22)23)6-9-16(15)24-14-7-4-12(11-19)5-8-14/h4-10H,1-3H3. The van der Waals surface area contributed by atoms with Crippen molar-refractivity contribution in [1.82, 2.24) is 0 Å². The molecule has 0 unspecified atom stereocenters. The van der Waals surface area contributed by atoms with Gasteiger partial charge in [0.25, 0.3) is 5.69 Å². The highest BCUT2D eigenvalue weighted by molar-refractivity contribution is 5.93. The molecule has 0 aliphatic rings. The predicted molar refractivity (Wildman–Crippen MR) is 89.5 cm³/mol. The lowest BCUT2D eigenvalue weighted by Gasteiger charge is -2.20. The van der Waals surface area contributed by atoms with Crippen molar-refractivity contribution >= 4 is 11.7 Å². The molecule has 2 rings (SSSR count). The average Bonchev–Trinajstić information content (AvgIpc) is 2.54. The Balaban J connectivity index is 2.40. The lowest BCUT2D eigenvalue weighted by atomic mass is 10.1. The highest BCUT2D eigenvalue weighted by Gasteiger charge is 2.24. The van der Waals surface area contributed by atoms with Crippen LogP contribution in [0.15, 0.2) is 42.5 Å². The van der Waals surface area contributed by atoms with Gasteiger partial charge in [-0.25, -0.2) is 4.79 Å². The lowest BCUT2D eigenvalue weighted by Crippen LogP contribution is -2.24. The summed E-state index contributed by atoms with van der Waals surface area (Å²) in [5, 5.41) is 19.8. The number of carbonyl (C=O) groups excluding carboxylic acids is 1. The Morgan fingerprint density at radius 2 is 1.80 bits per heavy atom. The Hall–Kier alpha value is -3.40. The summed E-state index contributed by atoms with van der Waals surface area (Å²) in [7, 11) is 0. The van der Waals surface area contributed by atoms with E-state index in [4.69, 9.17) is 14.7 Å². The molecule has 0 saturated heterocycles. The maximum absolute atomic E-state index is 12.4. The number of nitro groups is 1. The van der Waals surface area contributed by atoms with Crippen molar-refractivity contribution in [2.75, 3.05) is 0 Å². The molecule has 0 N–H and O–H groups in total. The summed E-state index contributed by atoms with van der Waals surface area (Å²) >= 11 is 0. The third kappa shape index (κ3) is 4.78. The van der Waals surface area contributed by atoms with E-state index in [1.807, 2.05) is 6.07 Å². The molecule has 0 aliphatic heterocycles. The van der Waals surface area contributed by atoms with Gasteiger partial charge in [0.05, 0.1) is 16.6 Å². The Kier molecular flexibility index (Phi) is 5.03. The fourth-order valence-corrected chi connectivity index (χ4v) is 1.94. The van der Waals surface area contributed by atoms with E-state index in [2.05, 4.69) is 0 Å². The molecule has 0 fully saturated rings. The number of nitriles is 1. The molecule has 0 atom stereocenters. The number of rotatable bonds is 4. The average molecular weight is 340 g/mol. The fourth-order valence-electron chi connectivity index (χ4n) is 1.94. The Morgan fingerprint density at radius 3 is 2.32 bits per heavy atom. The first-order chi connectivity index (χ1) is 11.7. The minimum atomic E-state index is -0.757. The quantitative estimate of drug-likeness (QED) is 0.469. The van der Waals surface area contributed by atoms with Crippen LogP contribution in [-0.2, 0) is 4.74 Å². The molecule has 2 aromatic carbocycles. The van der Waals surface area contributed by atoms with Gasteiger partial charge < -0.3 is 9.47 Å². The van der Waals surface area contributed by atoms with Gasteiger partial charge in [0.1, 0.15) is 22.7 Å². The molecular weight excluding hydrogens is 324 g/mol. The predicted octanol–water partition coefficient (Wildman–Crippen LogP) is 4.21. The van der Waals surface area contributed by atoms with Crippen molar-refractivity contribution in [3.8, 4) is 17.6 Å². The first-order valence-corrected chi connectivity index (χ1v) is 7.39. The highest BCUT2D eigenvalue weighted by atomic mass is 16.6. The van der Waals surface area contributed by atoms with Gasteiger partial charge in [-0.05, 0) is 51.1 Å². The van der Waals surface area contributed by atoms with Crippen molar-refractivity contribution in [3.63, 3.8) is 0 Å². The molecule has 0 bridgehead atoms. The zero-order valence-electron chi connectivity index (χ0n) is 14.0. The zero-order chi connectivity index (χ0) is 18.6. The fraction of sp³-hybridized carbons (Fsp3) is 0.222. The van der Waals surface area contributed by atoms with Crippen LogP contribution in [0.4, 0.5) is 5.69 Å². The maximum Gasteiger partial charge on any atom is 0.342 e. The van der Waals surface area contributed by atoms with E-state index in [1.165, 1.54) is 12.1 Å². The summed E-state index contributed by atoms with van der Waals surface area (Å²) in [5.41, 5.74) is -0.585. The number of carbonyl (C=O) groups is 1. The third-order valence-corrected chi connectivity index (χ3v) is 3.00. The Bertz CT molecular complexity index is 845. The van der Waals surface area contributed by atoms with Crippen LogP contribution in [0.5, 0.6) is 11.5 Å². The summed E-state index contributed by atoms with van der Waals surface area (Å²) < 4.78 is 10.9. The van der Waals surface area contributed by atoms with Crippen LogP contribution in [0, 0.1) is 21.4 Å². The number of benzene rings is 2. The monoisotopic (exact) mass is 340 g/mol. The molecule has 0 aliphatic carbocycles. The van der Waals surface area contributed by atoms with Crippen molar-refractivity contribution in [2.24, 2.45) is 0 Å². The summed E-state index contributed by atoms with van der Waals surface area (Å²) in [6, 6.07) is 12.0. The molecule has 0 radical (unpaired) electrons. The molecule has 0 heterocycles. The number of ether oxygens (including phenoxy) is 2. The van der Waals surface area contributed by atoms with Gasteiger partial charge in [-0.2, -0.15) is 5.26 Å². The lowest BCUT2D eigenvalue weighted by molar-refractivity contribution is -0.384. The SMILES string of the molecule is CC(C)(C)OC(=O)c1cc([N+](=O)[O-])ccc1Oc1ccc(C#N)cc1. The second-order valence-electron chi connectivity index (χ2n) is 6.18. The van der Waals surface area contributed by atoms with Crippen LogP contribution in [0.25, 0.3) is 0 Å². The number of nitrogens with zero attached hydrogens (tertiary/aromatic N) is 2. The van der Waals surface area contributed by atoms with Crippen LogP contribution >= 0.6 is 0 Å². The largest absolute Gasteiger partial charge is 0.456 e. The normalized spacial score (nSPS) is 10.6. The van der Waals surface area contributed by atoms with Gasteiger partial charge in [0.2, 0.25) is 0 Å². The van der Waals surface area contributed by atoms with Crippen molar-refractivity contribution in [1.29, 1.82) is 5.26 Å². The third-order valence-electron chi connectivity index (χ3n) is 3.00. The van der Waals surface area contributed by atoms with Crippen LogP contribution < -0.4 is 4.74 Å². The number of nitro benzene ring substituents is 1. The van der Waals surface area contributed by atoms with Crippen LogP contribution in [0.2, 0.25) is 0 Å². The van der Waals surface area contributed by atoms with E-state index < -0.39 is 16.5 Å². The molecule has 0 saturated carbocycles.